The number of aromatic hydroxyl groups is 1. The van der Waals surface area contributed by atoms with Gasteiger partial charge in [0.25, 0.3) is 0 Å². The lowest BCUT2D eigenvalue weighted by atomic mass is 10.1. The maximum atomic E-state index is 12.0. The van der Waals surface area contributed by atoms with E-state index in [2.05, 4.69) is 5.32 Å². The van der Waals surface area contributed by atoms with Crippen molar-refractivity contribution in [1.82, 2.24) is 0 Å². The minimum absolute atomic E-state index is 0.0823. The number of anilines is 1. The molecule has 1 aromatic carbocycles. The van der Waals surface area contributed by atoms with Gasteiger partial charge in [-0.25, -0.2) is 0 Å². The number of benzene rings is 1. The zero-order valence-electron chi connectivity index (χ0n) is 9.94. The number of phenols is 1. The maximum absolute atomic E-state index is 12.0. The van der Waals surface area contributed by atoms with Gasteiger partial charge in [0.15, 0.2) is 0 Å². The van der Waals surface area contributed by atoms with Gasteiger partial charge in [-0.3, -0.25) is 4.79 Å². The molecular formula is C14H17NO2. The highest BCUT2D eigenvalue weighted by Gasteiger charge is 2.56. The van der Waals surface area contributed by atoms with Crippen LogP contribution in [-0.2, 0) is 4.79 Å². The summed E-state index contributed by atoms with van der Waals surface area (Å²) in [5, 5.41) is 12.6. The number of carbonyl (C=O) groups excluding carboxylic acids is 1. The summed E-state index contributed by atoms with van der Waals surface area (Å²) in [5.74, 6) is 1.66. The molecule has 2 saturated carbocycles. The fourth-order valence-corrected chi connectivity index (χ4v) is 3.17. The van der Waals surface area contributed by atoms with Crippen molar-refractivity contribution in [2.75, 3.05) is 5.32 Å². The van der Waals surface area contributed by atoms with E-state index in [-0.39, 0.29) is 17.6 Å². The minimum Gasteiger partial charge on any atom is -0.506 e. The number of hydrogen-bond donors (Lipinski definition) is 2. The first-order chi connectivity index (χ1) is 8.16. The van der Waals surface area contributed by atoms with Gasteiger partial charge >= 0.3 is 0 Å². The van der Waals surface area contributed by atoms with Crippen LogP contribution in [0.4, 0.5) is 5.69 Å². The second-order valence-electron chi connectivity index (χ2n) is 5.29. The molecule has 2 atom stereocenters. The molecule has 2 aliphatic rings. The van der Waals surface area contributed by atoms with Crippen LogP contribution >= 0.6 is 0 Å². The molecule has 0 spiro atoms. The number of carbonyl (C=O) groups is 1. The first-order valence-corrected chi connectivity index (χ1v) is 6.27. The Hall–Kier alpha value is -1.51. The number of amides is 1. The summed E-state index contributed by atoms with van der Waals surface area (Å²) < 4.78 is 0. The van der Waals surface area contributed by atoms with Crippen LogP contribution in [0.1, 0.15) is 24.8 Å². The van der Waals surface area contributed by atoms with Crippen molar-refractivity contribution in [2.24, 2.45) is 17.8 Å². The quantitative estimate of drug-likeness (QED) is 0.769. The van der Waals surface area contributed by atoms with Crippen LogP contribution in [0, 0.1) is 24.7 Å². The van der Waals surface area contributed by atoms with E-state index in [1.807, 2.05) is 13.0 Å². The van der Waals surface area contributed by atoms with E-state index in [1.165, 1.54) is 19.3 Å². The Labute approximate surface area is 101 Å². The summed E-state index contributed by atoms with van der Waals surface area (Å²) in [6, 6.07) is 5.33. The molecule has 0 aromatic heterocycles. The van der Waals surface area contributed by atoms with Gasteiger partial charge in [-0.1, -0.05) is 12.5 Å². The van der Waals surface area contributed by atoms with Crippen molar-refractivity contribution in [3.8, 4) is 5.75 Å². The molecule has 2 unspecified atom stereocenters. The van der Waals surface area contributed by atoms with Crippen molar-refractivity contribution >= 4 is 11.6 Å². The lowest BCUT2D eigenvalue weighted by Crippen LogP contribution is -2.16. The Bertz CT molecular complexity index is 459. The molecular weight excluding hydrogens is 214 g/mol. The van der Waals surface area contributed by atoms with Gasteiger partial charge < -0.3 is 10.4 Å². The van der Waals surface area contributed by atoms with Gasteiger partial charge in [-0.15, -0.1) is 0 Å². The molecule has 3 nitrogen and oxygen atoms in total. The Morgan fingerprint density at radius 3 is 2.71 bits per heavy atom. The molecule has 0 aliphatic heterocycles. The van der Waals surface area contributed by atoms with Gasteiger partial charge in [-0.2, -0.15) is 0 Å². The summed E-state index contributed by atoms with van der Waals surface area (Å²) in [7, 11) is 0. The molecule has 0 saturated heterocycles. The molecule has 1 aromatic rings. The lowest BCUT2D eigenvalue weighted by Gasteiger charge is -2.08. The van der Waals surface area contributed by atoms with Crippen LogP contribution < -0.4 is 5.32 Å². The second kappa shape index (κ2) is 3.76. The van der Waals surface area contributed by atoms with Crippen LogP contribution in [-0.4, -0.2) is 11.0 Å². The van der Waals surface area contributed by atoms with Crippen molar-refractivity contribution < 1.29 is 9.90 Å². The minimum atomic E-state index is 0.0823. The summed E-state index contributed by atoms with van der Waals surface area (Å²) >= 11 is 0. The molecule has 2 fully saturated rings. The largest absolute Gasteiger partial charge is 0.506 e. The molecule has 3 heteroatoms. The van der Waals surface area contributed by atoms with E-state index in [1.54, 1.807) is 12.1 Å². The van der Waals surface area contributed by atoms with Crippen LogP contribution in [0.5, 0.6) is 5.75 Å². The number of fused-ring (bicyclic) bond motifs is 1. The standard InChI is InChI=1S/C14H17NO2/c1-8-5-6-11(12(16)7-8)15-14(17)13-9-3-2-4-10(9)13/h5-7,9-10,13,16H,2-4H2,1H3,(H,15,17). The van der Waals surface area contributed by atoms with Crippen LogP contribution in [0.15, 0.2) is 18.2 Å². The van der Waals surface area contributed by atoms with E-state index < -0.39 is 0 Å². The van der Waals surface area contributed by atoms with E-state index in [0.29, 0.717) is 17.5 Å². The monoisotopic (exact) mass is 231 g/mol. The third kappa shape index (κ3) is 1.79. The smallest absolute Gasteiger partial charge is 0.228 e. The molecule has 1 amide bonds. The molecule has 17 heavy (non-hydrogen) atoms. The molecule has 2 aliphatic carbocycles. The van der Waals surface area contributed by atoms with Crippen molar-refractivity contribution in [3.63, 3.8) is 0 Å². The first-order valence-electron chi connectivity index (χ1n) is 6.27. The average molecular weight is 231 g/mol. The number of aryl methyl sites for hydroxylation is 1. The summed E-state index contributed by atoms with van der Waals surface area (Å²) in [6.07, 6.45) is 3.67. The zero-order valence-corrected chi connectivity index (χ0v) is 9.94. The molecule has 0 bridgehead atoms. The number of hydrogen-bond acceptors (Lipinski definition) is 2. The Morgan fingerprint density at radius 2 is 2.06 bits per heavy atom. The highest BCUT2D eigenvalue weighted by atomic mass is 16.3. The lowest BCUT2D eigenvalue weighted by molar-refractivity contribution is -0.118. The van der Waals surface area contributed by atoms with Crippen molar-refractivity contribution in [1.29, 1.82) is 0 Å². The summed E-state index contributed by atoms with van der Waals surface area (Å²) in [4.78, 5) is 12.0. The predicted octanol–water partition coefficient (Wildman–Crippen LogP) is 2.69. The van der Waals surface area contributed by atoms with E-state index in [4.69, 9.17) is 0 Å². The maximum Gasteiger partial charge on any atom is 0.228 e. The van der Waals surface area contributed by atoms with Gasteiger partial charge in [0.1, 0.15) is 5.75 Å². The first kappa shape index (κ1) is 10.6. The van der Waals surface area contributed by atoms with Gasteiger partial charge in [0, 0.05) is 5.92 Å². The fourth-order valence-electron chi connectivity index (χ4n) is 3.17. The third-order valence-electron chi connectivity index (χ3n) is 4.12. The Kier molecular flexibility index (Phi) is 2.35. The van der Waals surface area contributed by atoms with Crippen LogP contribution in [0.2, 0.25) is 0 Å². The van der Waals surface area contributed by atoms with E-state index in [0.717, 1.165) is 5.56 Å². The fraction of sp³-hybridized carbons (Fsp3) is 0.500. The van der Waals surface area contributed by atoms with Crippen LogP contribution in [0.3, 0.4) is 0 Å². The zero-order chi connectivity index (χ0) is 12.0. The average Bonchev–Trinajstić information content (AvgIpc) is 2.77. The van der Waals surface area contributed by atoms with Gasteiger partial charge in [-0.05, 0) is 49.3 Å². The second-order valence-corrected chi connectivity index (χ2v) is 5.29. The highest BCUT2D eigenvalue weighted by molar-refractivity contribution is 5.96. The van der Waals surface area contributed by atoms with Gasteiger partial charge in [0.2, 0.25) is 5.91 Å². The van der Waals surface area contributed by atoms with Crippen molar-refractivity contribution in [2.45, 2.75) is 26.2 Å². The molecule has 3 rings (SSSR count). The Balaban J connectivity index is 1.69. The van der Waals surface area contributed by atoms with Gasteiger partial charge in [0.05, 0.1) is 5.69 Å². The number of rotatable bonds is 2. The topological polar surface area (TPSA) is 49.3 Å². The molecule has 0 radical (unpaired) electrons. The summed E-state index contributed by atoms with van der Waals surface area (Å²) in [5.41, 5.74) is 1.52. The molecule has 90 valence electrons. The number of nitrogens with one attached hydrogen (secondary N) is 1. The SMILES string of the molecule is Cc1ccc(NC(=O)C2C3CCCC32)c(O)c1. The number of phenolic OH excluding ortho intramolecular Hbond substituents is 1. The molecule has 0 heterocycles. The highest BCUT2D eigenvalue weighted by Crippen LogP contribution is 2.57. The molecule has 2 N–H and O–H groups in total. The summed E-state index contributed by atoms with van der Waals surface area (Å²) in [6.45, 7) is 1.91. The Morgan fingerprint density at radius 1 is 1.35 bits per heavy atom. The van der Waals surface area contributed by atoms with E-state index in [9.17, 15) is 9.90 Å². The predicted molar refractivity (Wildman–Crippen MR) is 65.8 cm³/mol. The van der Waals surface area contributed by atoms with Crippen molar-refractivity contribution in [3.05, 3.63) is 23.8 Å². The normalized spacial score (nSPS) is 29.8. The van der Waals surface area contributed by atoms with Crippen LogP contribution in [0.25, 0.3) is 0 Å². The third-order valence-corrected chi connectivity index (χ3v) is 4.12. The van der Waals surface area contributed by atoms with E-state index >= 15 is 0 Å².